The zero-order valence-corrected chi connectivity index (χ0v) is 6.06. The van der Waals surface area contributed by atoms with E-state index < -0.39 is 5.96 Å². The molecular formula is C3HCl2N5. The van der Waals surface area contributed by atoms with Crippen molar-refractivity contribution in [2.24, 2.45) is 0 Å². The molecule has 52 valence electrons. The molecule has 0 fully saturated rings. The van der Waals surface area contributed by atoms with Gasteiger partial charge in [0.1, 0.15) is 0 Å². The van der Waals surface area contributed by atoms with Gasteiger partial charge >= 0.3 is 0 Å². The summed E-state index contributed by atoms with van der Waals surface area (Å²) in [6, 6.07) is 0. The summed E-state index contributed by atoms with van der Waals surface area (Å²) < 4.78 is 0.659. The molecule has 0 aromatic carbocycles. The maximum atomic E-state index is 8.06. The molecule has 0 radical (unpaired) electrons. The lowest BCUT2D eigenvalue weighted by Gasteiger charge is -2.08. The van der Waals surface area contributed by atoms with Gasteiger partial charge < -0.3 is 0 Å². The molecule has 5 nitrogen and oxygen atoms in total. The van der Waals surface area contributed by atoms with E-state index in [0.29, 0.717) is 8.84 Å². The Morgan fingerprint density at radius 1 is 1.20 bits per heavy atom. The molecule has 0 aromatic heterocycles. The number of halogens is 2. The first-order valence-corrected chi connectivity index (χ1v) is 2.61. The van der Waals surface area contributed by atoms with Gasteiger partial charge in [-0.15, -0.1) is 0 Å². The highest BCUT2D eigenvalue weighted by molar-refractivity contribution is 6.29. The predicted octanol–water partition coefficient (Wildman–Crippen LogP) is 0.795. The van der Waals surface area contributed by atoms with E-state index in [1.54, 1.807) is 0 Å². The van der Waals surface area contributed by atoms with Crippen LogP contribution in [0.2, 0.25) is 0 Å². The molecule has 0 amide bonds. The van der Waals surface area contributed by atoms with E-state index in [0.717, 1.165) is 0 Å². The minimum atomic E-state index is -0.603. The number of hydrogen-bond acceptors (Lipinski definition) is 3. The Kier molecular flexibility index (Phi) is 3.34. The van der Waals surface area contributed by atoms with Gasteiger partial charge in [-0.05, 0) is 0 Å². The number of hydrogen-bond donors (Lipinski definition) is 1. The molecule has 0 atom stereocenters. The van der Waals surface area contributed by atoms with Crippen molar-refractivity contribution < 1.29 is 0 Å². The van der Waals surface area contributed by atoms with Gasteiger partial charge in [-0.3, -0.25) is 5.41 Å². The Morgan fingerprint density at radius 2 is 1.50 bits per heavy atom. The number of nitrogens with zero attached hydrogens (tertiary/aromatic N) is 4. The maximum Gasteiger partial charge on any atom is 0.251 e. The minimum Gasteiger partial charge on any atom is -0.265 e. The summed E-state index contributed by atoms with van der Waals surface area (Å²) in [4.78, 5) is 0. The van der Waals surface area contributed by atoms with E-state index in [1.807, 2.05) is 0 Å². The van der Waals surface area contributed by atoms with Gasteiger partial charge in [-0.1, -0.05) is 0 Å². The fourth-order valence-electron chi connectivity index (χ4n) is 0.172. The molecule has 0 rings (SSSR count). The molecule has 0 spiro atoms. The molecule has 1 N–H and O–H groups in total. The van der Waals surface area contributed by atoms with Crippen molar-refractivity contribution in [1.82, 2.24) is 8.84 Å². The summed E-state index contributed by atoms with van der Waals surface area (Å²) in [6.45, 7) is 0. The first kappa shape index (κ1) is 8.83. The molecule has 0 aromatic rings. The molecule has 0 unspecified atom stereocenters. The van der Waals surface area contributed by atoms with Crippen LogP contribution < -0.4 is 0 Å². The molecule has 0 heterocycles. The average molecular weight is 178 g/mol. The molecular weight excluding hydrogens is 177 g/mol. The van der Waals surface area contributed by atoms with Crippen molar-refractivity contribution in [3.63, 3.8) is 0 Å². The van der Waals surface area contributed by atoms with E-state index in [2.05, 4.69) is 0 Å². The molecule has 0 aliphatic heterocycles. The highest BCUT2D eigenvalue weighted by atomic mass is 35.5. The second-order valence-corrected chi connectivity index (χ2v) is 1.76. The van der Waals surface area contributed by atoms with Crippen LogP contribution in [0.4, 0.5) is 0 Å². The normalized spacial score (nSPS) is 7.20. The number of nitrogens with one attached hydrogen (secondary N) is 1. The minimum absolute atomic E-state index is 0.330. The first-order valence-electron chi connectivity index (χ1n) is 1.93. The molecule has 0 saturated carbocycles. The molecule has 0 aliphatic carbocycles. The van der Waals surface area contributed by atoms with Crippen molar-refractivity contribution >= 4 is 29.5 Å². The Bertz CT molecular complexity index is 190. The summed E-state index contributed by atoms with van der Waals surface area (Å²) >= 11 is 10.1. The quantitative estimate of drug-likeness (QED) is 0.195. The lowest BCUT2D eigenvalue weighted by atomic mass is 10.9. The van der Waals surface area contributed by atoms with Crippen LogP contribution in [0.1, 0.15) is 0 Å². The topological polar surface area (TPSA) is 77.9 Å². The Balaban J connectivity index is 4.15. The van der Waals surface area contributed by atoms with Crippen LogP contribution >= 0.6 is 23.6 Å². The fraction of sp³-hybridized carbons (Fsp3) is 0. The second-order valence-electron chi connectivity index (χ2n) is 1.09. The van der Waals surface area contributed by atoms with Gasteiger partial charge in [0.25, 0.3) is 5.96 Å². The molecule has 0 saturated heterocycles. The molecule has 0 aliphatic rings. The van der Waals surface area contributed by atoms with Crippen LogP contribution in [0.5, 0.6) is 0 Å². The lowest BCUT2D eigenvalue weighted by molar-refractivity contribution is 0.754. The van der Waals surface area contributed by atoms with E-state index in [-0.39, 0.29) is 0 Å². The van der Waals surface area contributed by atoms with Crippen LogP contribution in [0.25, 0.3) is 0 Å². The van der Waals surface area contributed by atoms with Crippen LogP contribution in [0.15, 0.2) is 0 Å². The molecule has 0 bridgehead atoms. The third-order valence-corrected chi connectivity index (χ3v) is 1.02. The Morgan fingerprint density at radius 3 is 1.70 bits per heavy atom. The third-order valence-electron chi connectivity index (χ3n) is 0.548. The third kappa shape index (κ3) is 1.98. The lowest BCUT2D eigenvalue weighted by Crippen LogP contribution is -2.26. The standard InChI is InChI=1S/C3HCl2N5/c4-9(1-6)3(8)10(5)2-7/h8H. The largest absolute Gasteiger partial charge is 0.265 e. The van der Waals surface area contributed by atoms with Crippen molar-refractivity contribution in [2.75, 3.05) is 0 Å². The van der Waals surface area contributed by atoms with Crippen molar-refractivity contribution in [3.8, 4) is 12.4 Å². The van der Waals surface area contributed by atoms with Crippen LogP contribution in [-0.2, 0) is 0 Å². The summed E-state index contributed by atoms with van der Waals surface area (Å²) in [5.74, 6) is -0.603. The smallest absolute Gasteiger partial charge is 0.251 e. The van der Waals surface area contributed by atoms with Crippen LogP contribution in [-0.4, -0.2) is 14.8 Å². The Hall–Kier alpha value is -1.17. The van der Waals surface area contributed by atoms with E-state index in [1.165, 1.54) is 12.4 Å². The van der Waals surface area contributed by atoms with Crippen molar-refractivity contribution in [1.29, 1.82) is 15.9 Å². The van der Waals surface area contributed by atoms with E-state index >= 15 is 0 Å². The maximum absolute atomic E-state index is 8.06. The van der Waals surface area contributed by atoms with E-state index in [4.69, 9.17) is 39.5 Å². The van der Waals surface area contributed by atoms with Crippen molar-refractivity contribution in [3.05, 3.63) is 0 Å². The van der Waals surface area contributed by atoms with Gasteiger partial charge in [0.05, 0.1) is 0 Å². The van der Waals surface area contributed by atoms with Gasteiger partial charge in [-0.2, -0.15) is 19.4 Å². The SMILES string of the molecule is N#CN(Cl)C(=N)N(Cl)C#N. The summed E-state index contributed by atoms with van der Waals surface area (Å²) in [7, 11) is 0. The van der Waals surface area contributed by atoms with Crippen LogP contribution in [0, 0.1) is 28.3 Å². The van der Waals surface area contributed by atoms with Crippen LogP contribution in [0.3, 0.4) is 0 Å². The van der Waals surface area contributed by atoms with Gasteiger partial charge in [0.15, 0.2) is 0 Å². The van der Waals surface area contributed by atoms with E-state index in [9.17, 15) is 0 Å². The Labute approximate surface area is 67.3 Å². The zero-order chi connectivity index (χ0) is 8.15. The number of guanidine groups is 1. The predicted molar refractivity (Wildman–Crippen MR) is 34.3 cm³/mol. The molecule has 7 heteroatoms. The van der Waals surface area contributed by atoms with Gasteiger partial charge in [0.2, 0.25) is 12.4 Å². The number of rotatable bonds is 0. The average Bonchev–Trinajstić information content (AvgIpc) is 2.00. The monoisotopic (exact) mass is 177 g/mol. The van der Waals surface area contributed by atoms with Gasteiger partial charge in [-0.25, -0.2) is 0 Å². The number of nitriles is 2. The fourth-order valence-corrected chi connectivity index (χ4v) is 0.362. The summed E-state index contributed by atoms with van der Waals surface area (Å²) in [5, 5.41) is 23.0. The molecule has 10 heavy (non-hydrogen) atoms. The van der Waals surface area contributed by atoms with Gasteiger partial charge in [0, 0.05) is 23.6 Å². The second kappa shape index (κ2) is 3.78. The summed E-state index contributed by atoms with van der Waals surface area (Å²) in [6.07, 6.45) is 2.75. The van der Waals surface area contributed by atoms with Crippen molar-refractivity contribution in [2.45, 2.75) is 0 Å². The highest BCUT2D eigenvalue weighted by Crippen LogP contribution is 2.00. The zero-order valence-electron chi connectivity index (χ0n) is 4.54. The highest BCUT2D eigenvalue weighted by Gasteiger charge is 2.11. The first-order chi connectivity index (χ1) is 4.63. The summed E-state index contributed by atoms with van der Waals surface area (Å²) in [5.41, 5.74) is 0.